The fourth-order valence-electron chi connectivity index (χ4n) is 1.74. The molecule has 1 aromatic rings. The normalized spacial score (nSPS) is 10.3. The van der Waals surface area contributed by atoms with Crippen molar-refractivity contribution in [1.29, 1.82) is 5.26 Å². The first-order valence-electron chi connectivity index (χ1n) is 6.07. The fraction of sp³-hybridized carbons (Fsp3) is 0.429. The number of nitriles is 1. The minimum Gasteiger partial charge on any atom is -0.337 e. The Kier molecular flexibility index (Phi) is 6.14. The molecule has 3 nitrogen and oxygen atoms in total. The standard InChI is InChI=1S/C14H16Cl2N2O/c1-10(2)9-18(8-4-7-17)14(19)11-5-3-6-12(15)13(11)16/h3,5-6,10H,4,8-9H2,1-2H3. The summed E-state index contributed by atoms with van der Waals surface area (Å²) in [5.74, 6) is 0.136. The van der Waals surface area contributed by atoms with Gasteiger partial charge in [-0.3, -0.25) is 4.79 Å². The van der Waals surface area contributed by atoms with E-state index in [1.165, 1.54) is 0 Å². The quantitative estimate of drug-likeness (QED) is 0.824. The van der Waals surface area contributed by atoms with Crippen molar-refractivity contribution in [2.24, 2.45) is 5.92 Å². The lowest BCUT2D eigenvalue weighted by Gasteiger charge is -2.24. The summed E-state index contributed by atoms with van der Waals surface area (Å²) < 4.78 is 0. The minimum atomic E-state index is -0.184. The maximum atomic E-state index is 12.4. The van der Waals surface area contributed by atoms with Crippen molar-refractivity contribution < 1.29 is 4.79 Å². The molecule has 5 heteroatoms. The lowest BCUT2D eigenvalue weighted by molar-refractivity contribution is 0.0740. The number of rotatable bonds is 5. The van der Waals surface area contributed by atoms with Crippen molar-refractivity contribution in [3.8, 4) is 6.07 Å². The zero-order chi connectivity index (χ0) is 14.4. The molecule has 0 spiro atoms. The van der Waals surface area contributed by atoms with E-state index in [9.17, 15) is 4.79 Å². The number of hydrogen-bond acceptors (Lipinski definition) is 2. The molecule has 0 bridgehead atoms. The van der Waals surface area contributed by atoms with Crippen LogP contribution < -0.4 is 0 Å². The van der Waals surface area contributed by atoms with Gasteiger partial charge < -0.3 is 4.90 Å². The van der Waals surface area contributed by atoms with Gasteiger partial charge in [0, 0.05) is 13.1 Å². The fourth-order valence-corrected chi connectivity index (χ4v) is 2.12. The summed E-state index contributed by atoms with van der Waals surface area (Å²) in [4.78, 5) is 14.1. The summed E-state index contributed by atoms with van der Waals surface area (Å²) in [7, 11) is 0. The zero-order valence-electron chi connectivity index (χ0n) is 11.0. The Labute approximate surface area is 123 Å². The van der Waals surface area contributed by atoms with Crippen LogP contribution in [-0.4, -0.2) is 23.9 Å². The predicted octanol–water partition coefficient (Wildman–Crippen LogP) is 4.01. The molecule has 0 aliphatic rings. The van der Waals surface area contributed by atoms with Crippen LogP contribution in [0.1, 0.15) is 30.6 Å². The topological polar surface area (TPSA) is 44.1 Å². The zero-order valence-corrected chi connectivity index (χ0v) is 12.5. The van der Waals surface area contributed by atoms with Gasteiger partial charge >= 0.3 is 0 Å². The van der Waals surface area contributed by atoms with Crippen LogP contribution in [0.3, 0.4) is 0 Å². The molecule has 0 heterocycles. The number of halogens is 2. The smallest absolute Gasteiger partial charge is 0.255 e. The first-order valence-corrected chi connectivity index (χ1v) is 6.83. The first kappa shape index (κ1) is 15.8. The van der Waals surface area contributed by atoms with Gasteiger partial charge in [0.1, 0.15) is 0 Å². The third-order valence-corrected chi connectivity index (χ3v) is 3.37. The highest BCUT2D eigenvalue weighted by molar-refractivity contribution is 6.43. The van der Waals surface area contributed by atoms with Gasteiger partial charge in [-0.2, -0.15) is 5.26 Å². The number of amides is 1. The molecule has 0 aromatic heterocycles. The lowest BCUT2D eigenvalue weighted by Crippen LogP contribution is -2.35. The highest BCUT2D eigenvalue weighted by atomic mass is 35.5. The van der Waals surface area contributed by atoms with Gasteiger partial charge in [-0.1, -0.05) is 43.1 Å². The van der Waals surface area contributed by atoms with Crippen molar-refractivity contribution in [3.05, 3.63) is 33.8 Å². The number of benzene rings is 1. The number of carbonyl (C=O) groups excluding carboxylic acids is 1. The molecule has 0 saturated heterocycles. The molecule has 0 fully saturated rings. The average Bonchev–Trinajstić information content (AvgIpc) is 2.36. The first-order chi connectivity index (χ1) is 8.97. The Morgan fingerprint density at radius 1 is 1.42 bits per heavy atom. The van der Waals surface area contributed by atoms with E-state index >= 15 is 0 Å². The minimum absolute atomic E-state index is 0.184. The molecular formula is C14H16Cl2N2O. The van der Waals surface area contributed by atoms with Crippen LogP contribution >= 0.6 is 23.2 Å². The van der Waals surface area contributed by atoms with Crippen LogP contribution in [-0.2, 0) is 0 Å². The highest BCUT2D eigenvalue weighted by Gasteiger charge is 2.20. The number of hydrogen-bond donors (Lipinski definition) is 0. The molecule has 19 heavy (non-hydrogen) atoms. The van der Waals surface area contributed by atoms with Crippen LogP contribution in [0.15, 0.2) is 18.2 Å². The van der Waals surface area contributed by atoms with E-state index in [1.54, 1.807) is 23.1 Å². The molecule has 0 unspecified atom stereocenters. The van der Waals surface area contributed by atoms with Crippen LogP contribution in [0.5, 0.6) is 0 Å². The van der Waals surface area contributed by atoms with Gasteiger partial charge in [-0.05, 0) is 18.1 Å². The van der Waals surface area contributed by atoms with Gasteiger partial charge in [0.25, 0.3) is 5.91 Å². The van der Waals surface area contributed by atoms with E-state index in [2.05, 4.69) is 6.07 Å². The molecule has 1 rings (SSSR count). The van der Waals surface area contributed by atoms with Crippen LogP contribution in [0, 0.1) is 17.2 Å². The molecule has 102 valence electrons. The van der Waals surface area contributed by atoms with E-state index in [0.717, 1.165) is 0 Å². The van der Waals surface area contributed by atoms with Crippen molar-refractivity contribution in [2.75, 3.05) is 13.1 Å². The SMILES string of the molecule is CC(C)CN(CCC#N)C(=O)c1cccc(Cl)c1Cl. The Balaban J connectivity index is 2.98. The van der Waals surface area contributed by atoms with E-state index in [1.807, 2.05) is 13.8 Å². The van der Waals surface area contributed by atoms with E-state index in [-0.39, 0.29) is 10.9 Å². The van der Waals surface area contributed by atoms with Crippen LogP contribution in [0.25, 0.3) is 0 Å². The van der Waals surface area contributed by atoms with Gasteiger partial charge in [0.15, 0.2) is 0 Å². The highest BCUT2D eigenvalue weighted by Crippen LogP contribution is 2.26. The number of nitrogens with zero attached hydrogens (tertiary/aromatic N) is 2. The van der Waals surface area contributed by atoms with E-state index in [4.69, 9.17) is 28.5 Å². The van der Waals surface area contributed by atoms with Crippen molar-refractivity contribution in [1.82, 2.24) is 4.90 Å². The molecule has 0 radical (unpaired) electrons. The Morgan fingerprint density at radius 3 is 2.68 bits per heavy atom. The molecule has 0 aliphatic heterocycles. The summed E-state index contributed by atoms with van der Waals surface area (Å²) in [5, 5.41) is 9.29. The van der Waals surface area contributed by atoms with Gasteiger partial charge in [0.05, 0.1) is 28.1 Å². The Bertz CT molecular complexity index is 495. The maximum Gasteiger partial charge on any atom is 0.255 e. The van der Waals surface area contributed by atoms with E-state index < -0.39 is 0 Å². The average molecular weight is 299 g/mol. The van der Waals surface area contributed by atoms with Gasteiger partial charge in [-0.25, -0.2) is 0 Å². The summed E-state index contributed by atoms with van der Waals surface area (Å²) in [5.41, 5.74) is 0.382. The van der Waals surface area contributed by atoms with Crippen molar-refractivity contribution in [2.45, 2.75) is 20.3 Å². The summed E-state index contributed by atoms with van der Waals surface area (Å²) in [6.45, 7) is 5.03. The molecular weight excluding hydrogens is 283 g/mol. The Morgan fingerprint density at radius 2 is 2.11 bits per heavy atom. The maximum absolute atomic E-state index is 12.4. The number of carbonyl (C=O) groups is 1. The summed E-state index contributed by atoms with van der Waals surface area (Å²) in [6, 6.07) is 7.04. The molecule has 0 N–H and O–H groups in total. The van der Waals surface area contributed by atoms with Gasteiger partial charge in [0.2, 0.25) is 0 Å². The monoisotopic (exact) mass is 298 g/mol. The molecule has 0 saturated carbocycles. The molecule has 1 aromatic carbocycles. The molecule has 0 atom stereocenters. The van der Waals surface area contributed by atoms with Crippen LogP contribution in [0.2, 0.25) is 10.0 Å². The second-order valence-electron chi connectivity index (χ2n) is 4.65. The summed E-state index contributed by atoms with van der Waals surface area (Å²) in [6.07, 6.45) is 0.302. The summed E-state index contributed by atoms with van der Waals surface area (Å²) >= 11 is 12.0. The lowest BCUT2D eigenvalue weighted by atomic mass is 10.1. The largest absolute Gasteiger partial charge is 0.337 e. The van der Waals surface area contributed by atoms with Crippen molar-refractivity contribution >= 4 is 29.1 Å². The van der Waals surface area contributed by atoms with Gasteiger partial charge in [-0.15, -0.1) is 0 Å². The predicted molar refractivity (Wildman–Crippen MR) is 77.4 cm³/mol. The van der Waals surface area contributed by atoms with E-state index in [0.29, 0.717) is 36.0 Å². The second kappa shape index (κ2) is 7.37. The second-order valence-corrected chi connectivity index (χ2v) is 5.44. The third-order valence-electron chi connectivity index (χ3n) is 2.55. The molecule has 1 amide bonds. The molecule has 0 aliphatic carbocycles. The third kappa shape index (κ3) is 4.41. The Hall–Kier alpha value is -1.24. The van der Waals surface area contributed by atoms with Crippen LogP contribution in [0.4, 0.5) is 0 Å². The van der Waals surface area contributed by atoms with Crippen molar-refractivity contribution in [3.63, 3.8) is 0 Å².